The Morgan fingerprint density at radius 2 is 1.85 bits per heavy atom. The van der Waals surface area contributed by atoms with Gasteiger partial charge in [-0.15, -0.1) is 0 Å². The van der Waals surface area contributed by atoms with Crippen LogP contribution in [-0.2, 0) is 6.42 Å². The van der Waals surface area contributed by atoms with Crippen molar-refractivity contribution >= 4 is 11.3 Å². The summed E-state index contributed by atoms with van der Waals surface area (Å²) in [4.78, 5) is 0. The van der Waals surface area contributed by atoms with Gasteiger partial charge in [-0.1, -0.05) is 12.1 Å². The average molecular weight is 289 g/mol. The second-order valence-electron chi connectivity index (χ2n) is 5.29. The van der Waals surface area contributed by atoms with E-state index in [9.17, 15) is 0 Å². The zero-order valence-corrected chi connectivity index (χ0v) is 13.2. The molecule has 0 saturated heterocycles. The summed E-state index contributed by atoms with van der Waals surface area (Å²) in [5.74, 6) is 0.939. The number of ether oxygens (including phenoxy) is 1. The summed E-state index contributed by atoms with van der Waals surface area (Å²) in [6.45, 7) is 7.29. The first kappa shape index (κ1) is 15.1. The number of hydrogen-bond donors (Lipinski definition) is 1. The van der Waals surface area contributed by atoms with E-state index >= 15 is 0 Å². The number of rotatable bonds is 7. The van der Waals surface area contributed by atoms with Gasteiger partial charge < -0.3 is 10.1 Å². The molecule has 1 aromatic carbocycles. The molecule has 0 radical (unpaired) electrons. The number of benzene rings is 1. The molecule has 0 spiro atoms. The van der Waals surface area contributed by atoms with Gasteiger partial charge in [-0.3, -0.25) is 0 Å². The molecule has 1 N–H and O–H groups in total. The molecule has 108 valence electrons. The molecule has 2 nitrogen and oxygen atoms in total. The van der Waals surface area contributed by atoms with Crippen molar-refractivity contribution in [3.63, 3.8) is 0 Å². The van der Waals surface area contributed by atoms with E-state index in [1.165, 1.54) is 11.1 Å². The van der Waals surface area contributed by atoms with Crippen LogP contribution in [0.3, 0.4) is 0 Å². The maximum absolute atomic E-state index is 5.66. The van der Waals surface area contributed by atoms with E-state index in [2.05, 4.69) is 41.2 Å². The SMILES string of the molecule is CC(C)Oc1ccc(C(C)NCCc2ccsc2)cc1. The second kappa shape index (κ2) is 7.46. The highest BCUT2D eigenvalue weighted by molar-refractivity contribution is 7.07. The first-order chi connectivity index (χ1) is 9.65. The van der Waals surface area contributed by atoms with Crippen LogP contribution in [0.4, 0.5) is 0 Å². The van der Waals surface area contributed by atoms with Crippen molar-refractivity contribution in [1.82, 2.24) is 5.32 Å². The Morgan fingerprint density at radius 3 is 2.45 bits per heavy atom. The summed E-state index contributed by atoms with van der Waals surface area (Å²) in [6.07, 6.45) is 1.31. The highest BCUT2D eigenvalue weighted by Gasteiger charge is 2.05. The lowest BCUT2D eigenvalue weighted by Crippen LogP contribution is -2.21. The van der Waals surface area contributed by atoms with E-state index < -0.39 is 0 Å². The monoisotopic (exact) mass is 289 g/mol. The fourth-order valence-corrected chi connectivity index (χ4v) is 2.80. The van der Waals surface area contributed by atoms with Gasteiger partial charge >= 0.3 is 0 Å². The lowest BCUT2D eigenvalue weighted by molar-refractivity contribution is 0.242. The van der Waals surface area contributed by atoms with Crippen LogP contribution in [0.25, 0.3) is 0 Å². The highest BCUT2D eigenvalue weighted by Crippen LogP contribution is 2.18. The normalized spacial score (nSPS) is 12.6. The van der Waals surface area contributed by atoms with Gasteiger partial charge in [-0.25, -0.2) is 0 Å². The maximum atomic E-state index is 5.66. The van der Waals surface area contributed by atoms with E-state index in [0.29, 0.717) is 6.04 Å². The third-order valence-corrected chi connectivity index (χ3v) is 3.93. The van der Waals surface area contributed by atoms with E-state index in [0.717, 1.165) is 18.7 Å². The van der Waals surface area contributed by atoms with Crippen LogP contribution < -0.4 is 10.1 Å². The highest BCUT2D eigenvalue weighted by atomic mass is 32.1. The van der Waals surface area contributed by atoms with Crippen LogP contribution in [0.15, 0.2) is 41.1 Å². The Bertz CT molecular complexity index is 490. The molecule has 1 aromatic heterocycles. The Kier molecular flexibility index (Phi) is 5.62. The molecule has 1 heterocycles. The van der Waals surface area contributed by atoms with Crippen molar-refractivity contribution in [2.24, 2.45) is 0 Å². The molecule has 3 heteroatoms. The zero-order chi connectivity index (χ0) is 14.4. The van der Waals surface area contributed by atoms with Gasteiger partial charge in [0.25, 0.3) is 0 Å². The van der Waals surface area contributed by atoms with Crippen molar-refractivity contribution in [2.75, 3.05) is 6.54 Å². The predicted octanol–water partition coefficient (Wildman–Crippen LogP) is 4.43. The lowest BCUT2D eigenvalue weighted by Gasteiger charge is -2.15. The zero-order valence-electron chi connectivity index (χ0n) is 12.4. The molecule has 0 amide bonds. The summed E-state index contributed by atoms with van der Waals surface area (Å²) in [5, 5.41) is 7.91. The van der Waals surface area contributed by atoms with Crippen LogP contribution in [-0.4, -0.2) is 12.6 Å². The van der Waals surface area contributed by atoms with Crippen molar-refractivity contribution in [2.45, 2.75) is 39.3 Å². The molecule has 20 heavy (non-hydrogen) atoms. The van der Waals surface area contributed by atoms with Crippen molar-refractivity contribution in [1.29, 1.82) is 0 Å². The molecule has 1 atom stereocenters. The Labute approximate surface area is 125 Å². The van der Waals surface area contributed by atoms with Gasteiger partial charge in [-0.2, -0.15) is 11.3 Å². The number of hydrogen-bond acceptors (Lipinski definition) is 3. The molecular formula is C17H23NOS. The average Bonchev–Trinajstić information content (AvgIpc) is 2.92. The number of nitrogens with one attached hydrogen (secondary N) is 1. The standard InChI is InChI=1S/C17H23NOS/c1-13(2)19-17-6-4-16(5-7-17)14(3)18-10-8-15-9-11-20-12-15/h4-7,9,11-14,18H,8,10H2,1-3H3. The predicted molar refractivity (Wildman–Crippen MR) is 86.6 cm³/mol. The lowest BCUT2D eigenvalue weighted by atomic mass is 10.1. The molecule has 0 bridgehead atoms. The molecule has 0 aliphatic carbocycles. The number of thiophene rings is 1. The van der Waals surface area contributed by atoms with Crippen LogP contribution in [0.2, 0.25) is 0 Å². The summed E-state index contributed by atoms with van der Waals surface area (Å²) < 4.78 is 5.66. The van der Waals surface area contributed by atoms with Gasteiger partial charge in [0.2, 0.25) is 0 Å². The van der Waals surface area contributed by atoms with Crippen LogP contribution in [0.5, 0.6) is 5.75 Å². The fraction of sp³-hybridized carbons (Fsp3) is 0.412. The van der Waals surface area contributed by atoms with Crippen molar-refractivity contribution in [3.05, 3.63) is 52.2 Å². The summed E-state index contributed by atoms with van der Waals surface area (Å²) >= 11 is 1.76. The van der Waals surface area contributed by atoms with E-state index in [-0.39, 0.29) is 6.10 Å². The summed E-state index contributed by atoms with van der Waals surface area (Å²) in [7, 11) is 0. The fourth-order valence-electron chi connectivity index (χ4n) is 2.09. The van der Waals surface area contributed by atoms with Crippen LogP contribution in [0, 0.1) is 0 Å². The van der Waals surface area contributed by atoms with E-state index in [4.69, 9.17) is 4.74 Å². The minimum absolute atomic E-state index is 0.224. The van der Waals surface area contributed by atoms with Gasteiger partial charge in [0.05, 0.1) is 6.10 Å². The van der Waals surface area contributed by atoms with Crippen molar-refractivity contribution in [3.8, 4) is 5.75 Å². The first-order valence-electron chi connectivity index (χ1n) is 7.16. The van der Waals surface area contributed by atoms with Gasteiger partial charge in [0.15, 0.2) is 0 Å². The minimum Gasteiger partial charge on any atom is -0.491 e. The van der Waals surface area contributed by atoms with E-state index in [1.54, 1.807) is 11.3 Å². The summed E-state index contributed by atoms with van der Waals surface area (Å²) in [5.41, 5.74) is 2.71. The Balaban J connectivity index is 1.81. The molecule has 1 unspecified atom stereocenters. The molecular weight excluding hydrogens is 266 g/mol. The summed E-state index contributed by atoms with van der Waals surface area (Å²) in [6, 6.07) is 10.9. The largest absolute Gasteiger partial charge is 0.491 e. The van der Waals surface area contributed by atoms with Crippen LogP contribution >= 0.6 is 11.3 Å². The van der Waals surface area contributed by atoms with Crippen molar-refractivity contribution < 1.29 is 4.74 Å². The first-order valence-corrected chi connectivity index (χ1v) is 8.10. The third kappa shape index (κ3) is 4.66. The van der Waals surface area contributed by atoms with Crippen LogP contribution in [0.1, 0.15) is 37.9 Å². The smallest absolute Gasteiger partial charge is 0.119 e. The molecule has 0 saturated carbocycles. The van der Waals surface area contributed by atoms with Gasteiger partial charge in [0.1, 0.15) is 5.75 Å². The van der Waals surface area contributed by atoms with E-state index in [1.807, 2.05) is 26.0 Å². The molecule has 0 fully saturated rings. The quantitative estimate of drug-likeness (QED) is 0.814. The topological polar surface area (TPSA) is 21.3 Å². The third-order valence-electron chi connectivity index (χ3n) is 3.20. The molecule has 0 aliphatic rings. The molecule has 0 aliphatic heterocycles. The molecule has 2 aromatic rings. The van der Waals surface area contributed by atoms with Gasteiger partial charge in [-0.05, 0) is 73.8 Å². The Morgan fingerprint density at radius 1 is 1.10 bits per heavy atom. The molecule has 2 rings (SSSR count). The Hall–Kier alpha value is -1.32. The maximum Gasteiger partial charge on any atom is 0.119 e. The second-order valence-corrected chi connectivity index (χ2v) is 6.07. The minimum atomic E-state index is 0.224. The van der Waals surface area contributed by atoms with Gasteiger partial charge in [0, 0.05) is 6.04 Å².